The highest BCUT2D eigenvalue weighted by molar-refractivity contribution is 5.96. The van der Waals surface area contributed by atoms with E-state index in [-0.39, 0.29) is 11.9 Å². The molecule has 0 aromatic heterocycles. The summed E-state index contributed by atoms with van der Waals surface area (Å²) in [5.74, 6) is -0.543. The minimum Gasteiger partial charge on any atom is -0.384 e. The fraction of sp³-hybridized carbons (Fsp3) is 0.467. The lowest BCUT2D eigenvalue weighted by Crippen LogP contribution is -2.32. The first-order valence-electron chi connectivity index (χ1n) is 6.96. The number of carbonyl (C=O) groups is 2. The van der Waals surface area contributed by atoms with Gasteiger partial charge in [0.15, 0.2) is 0 Å². The Kier molecular flexibility index (Phi) is 4.74. The average Bonchev–Trinajstić information content (AvgIpc) is 2.92. The predicted molar refractivity (Wildman–Crippen MR) is 76.5 cm³/mol. The largest absolute Gasteiger partial charge is 0.384 e. The Labute approximate surface area is 118 Å². The molecule has 0 radical (unpaired) electrons. The van der Waals surface area contributed by atoms with Crippen LogP contribution in [0, 0.1) is 0 Å². The maximum Gasteiger partial charge on any atom is 0.252 e. The van der Waals surface area contributed by atoms with E-state index in [1.165, 1.54) is 19.8 Å². The van der Waals surface area contributed by atoms with Gasteiger partial charge in [0.05, 0.1) is 0 Å². The van der Waals surface area contributed by atoms with Gasteiger partial charge in [-0.25, -0.2) is 0 Å². The highest BCUT2D eigenvalue weighted by Gasteiger charge is 2.18. The first kappa shape index (κ1) is 14.5. The third kappa shape index (κ3) is 3.81. The summed E-state index contributed by atoms with van der Waals surface area (Å²) in [6.07, 6.45) is 3.40. The SMILES string of the molecule is CC(O)C(=O)Nc1ccc(C(=O)NC2CCCC2)cc1. The molecule has 3 N–H and O–H groups in total. The quantitative estimate of drug-likeness (QED) is 0.783. The Balaban J connectivity index is 1.93. The van der Waals surface area contributed by atoms with E-state index >= 15 is 0 Å². The Morgan fingerprint density at radius 1 is 1.20 bits per heavy atom. The van der Waals surface area contributed by atoms with Crippen LogP contribution in [0.3, 0.4) is 0 Å². The molecule has 5 nitrogen and oxygen atoms in total. The molecule has 0 aliphatic heterocycles. The Bertz CT molecular complexity index is 476. The van der Waals surface area contributed by atoms with Crippen LogP contribution in [0.25, 0.3) is 0 Å². The van der Waals surface area contributed by atoms with E-state index in [0.29, 0.717) is 11.3 Å². The van der Waals surface area contributed by atoms with E-state index in [9.17, 15) is 9.59 Å². The molecule has 0 saturated heterocycles. The van der Waals surface area contributed by atoms with Gasteiger partial charge in [-0.1, -0.05) is 12.8 Å². The van der Waals surface area contributed by atoms with Crippen molar-refractivity contribution in [2.45, 2.75) is 44.8 Å². The van der Waals surface area contributed by atoms with Gasteiger partial charge in [0.2, 0.25) is 0 Å². The van der Waals surface area contributed by atoms with Crippen molar-refractivity contribution in [2.75, 3.05) is 5.32 Å². The molecule has 108 valence electrons. The van der Waals surface area contributed by atoms with E-state index in [4.69, 9.17) is 5.11 Å². The Morgan fingerprint density at radius 2 is 1.80 bits per heavy atom. The van der Waals surface area contributed by atoms with Crippen LogP contribution in [0.4, 0.5) is 5.69 Å². The Morgan fingerprint density at radius 3 is 2.35 bits per heavy atom. The second kappa shape index (κ2) is 6.52. The fourth-order valence-corrected chi connectivity index (χ4v) is 2.29. The zero-order valence-corrected chi connectivity index (χ0v) is 11.6. The van der Waals surface area contributed by atoms with Crippen molar-refractivity contribution in [1.29, 1.82) is 0 Å². The van der Waals surface area contributed by atoms with Gasteiger partial charge in [0, 0.05) is 17.3 Å². The van der Waals surface area contributed by atoms with Gasteiger partial charge in [0.1, 0.15) is 6.10 Å². The van der Waals surface area contributed by atoms with Crippen LogP contribution in [0.1, 0.15) is 43.0 Å². The molecule has 1 aliphatic rings. The number of nitrogens with one attached hydrogen (secondary N) is 2. The molecule has 1 unspecified atom stereocenters. The molecule has 2 rings (SSSR count). The summed E-state index contributed by atoms with van der Waals surface area (Å²) in [5.41, 5.74) is 1.14. The van der Waals surface area contributed by atoms with E-state index in [0.717, 1.165) is 12.8 Å². The second-order valence-electron chi connectivity index (χ2n) is 5.20. The summed E-state index contributed by atoms with van der Waals surface area (Å²) in [7, 11) is 0. The number of carbonyl (C=O) groups excluding carboxylic acids is 2. The standard InChI is InChI=1S/C15H20N2O3/c1-10(18)14(19)16-13-8-6-11(7-9-13)15(20)17-12-4-2-3-5-12/h6-10,12,18H,2-5H2,1H3,(H,16,19)(H,17,20). The normalized spacial score (nSPS) is 16.7. The number of hydrogen-bond acceptors (Lipinski definition) is 3. The number of aliphatic hydroxyl groups is 1. The van der Waals surface area contributed by atoms with Crippen LogP contribution in [-0.4, -0.2) is 29.1 Å². The zero-order chi connectivity index (χ0) is 14.5. The molecular formula is C15H20N2O3. The lowest BCUT2D eigenvalue weighted by Gasteiger charge is -2.12. The summed E-state index contributed by atoms with van der Waals surface area (Å²) in [5, 5.41) is 14.7. The van der Waals surface area contributed by atoms with Gasteiger partial charge in [-0.3, -0.25) is 9.59 Å². The van der Waals surface area contributed by atoms with Gasteiger partial charge in [-0.2, -0.15) is 0 Å². The maximum absolute atomic E-state index is 12.0. The minimum absolute atomic E-state index is 0.0784. The molecule has 20 heavy (non-hydrogen) atoms. The molecule has 0 bridgehead atoms. The summed E-state index contributed by atoms with van der Waals surface area (Å²) >= 11 is 0. The molecule has 1 aliphatic carbocycles. The molecule has 5 heteroatoms. The zero-order valence-electron chi connectivity index (χ0n) is 11.6. The fourth-order valence-electron chi connectivity index (χ4n) is 2.29. The van der Waals surface area contributed by atoms with Crippen LogP contribution in [-0.2, 0) is 4.79 Å². The lowest BCUT2D eigenvalue weighted by atomic mass is 10.1. The smallest absolute Gasteiger partial charge is 0.252 e. The van der Waals surface area contributed by atoms with Gasteiger partial charge < -0.3 is 15.7 Å². The van der Waals surface area contributed by atoms with Gasteiger partial charge in [0.25, 0.3) is 11.8 Å². The number of hydrogen-bond donors (Lipinski definition) is 3. The van der Waals surface area contributed by atoms with Gasteiger partial charge >= 0.3 is 0 Å². The summed E-state index contributed by atoms with van der Waals surface area (Å²) in [4.78, 5) is 23.3. The highest BCUT2D eigenvalue weighted by atomic mass is 16.3. The van der Waals surface area contributed by atoms with Crippen molar-refractivity contribution in [3.63, 3.8) is 0 Å². The molecule has 1 atom stereocenters. The molecule has 1 saturated carbocycles. The number of aliphatic hydroxyl groups excluding tert-OH is 1. The number of benzene rings is 1. The van der Waals surface area contributed by atoms with E-state index in [1.54, 1.807) is 24.3 Å². The van der Waals surface area contributed by atoms with Crippen LogP contribution in [0.2, 0.25) is 0 Å². The van der Waals surface area contributed by atoms with E-state index < -0.39 is 12.0 Å². The number of anilines is 1. The van der Waals surface area contributed by atoms with Crippen molar-refractivity contribution in [2.24, 2.45) is 0 Å². The minimum atomic E-state index is -1.06. The molecule has 1 aromatic rings. The predicted octanol–water partition coefficient (Wildman–Crippen LogP) is 1.68. The third-order valence-electron chi connectivity index (χ3n) is 3.48. The maximum atomic E-state index is 12.0. The number of rotatable bonds is 4. The Hall–Kier alpha value is -1.88. The molecule has 1 fully saturated rings. The lowest BCUT2D eigenvalue weighted by molar-refractivity contribution is -0.123. The van der Waals surface area contributed by atoms with Gasteiger partial charge in [-0.05, 0) is 44.0 Å². The van der Waals surface area contributed by atoms with Crippen molar-refractivity contribution in [1.82, 2.24) is 5.32 Å². The van der Waals surface area contributed by atoms with E-state index in [2.05, 4.69) is 10.6 Å². The first-order valence-corrected chi connectivity index (χ1v) is 6.96. The van der Waals surface area contributed by atoms with Crippen LogP contribution < -0.4 is 10.6 Å². The molecule has 0 heterocycles. The van der Waals surface area contributed by atoms with E-state index in [1.807, 2.05) is 0 Å². The van der Waals surface area contributed by atoms with Crippen molar-refractivity contribution in [3.8, 4) is 0 Å². The molecule has 1 aromatic carbocycles. The van der Waals surface area contributed by atoms with Gasteiger partial charge in [-0.15, -0.1) is 0 Å². The second-order valence-corrected chi connectivity index (χ2v) is 5.20. The molecular weight excluding hydrogens is 256 g/mol. The van der Waals surface area contributed by atoms with Crippen molar-refractivity contribution in [3.05, 3.63) is 29.8 Å². The molecule has 0 spiro atoms. The highest BCUT2D eigenvalue weighted by Crippen LogP contribution is 2.18. The third-order valence-corrected chi connectivity index (χ3v) is 3.48. The van der Waals surface area contributed by atoms with Crippen molar-refractivity contribution < 1.29 is 14.7 Å². The van der Waals surface area contributed by atoms with Crippen LogP contribution >= 0.6 is 0 Å². The van der Waals surface area contributed by atoms with Crippen LogP contribution in [0.5, 0.6) is 0 Å². The molecule has 2 amide bonds. The summed E-state index contributed by atoms with van der Waals surface area (Å²) in [6.45, 7) is 1.40. The number of amides is 2. The average molecular weight is 276 g/mol. The first-order chi connectivity index (χ1) is 9.56. The van der Waals surface area contributed by atoms with Crippen LogP contribution in [0.15, 0.2) is 24.3 Å². The monoisotopic (exact) mass is 276 g/mol. The topological polar surface area (TPSA) is 78.4 Å². The summed E-state index contributed by atoms with van der Waals surface area (Å²) in [6, 6.07) is 6.94. The summed E-state index contributed by atoms with van der Waals surface area (Å²) < 4.78 is 0. The van der Waals surface area contributed by atoms with Crippen molar-refractivity contribution >= 4 is 17.5 Å².